The van der Waals surface area contributed by atoms with Crippen molar-refractivity contribution < 1.29 is 23.5 Å². The average molecular weight is 339 g/mol. The van der Waals surface area contributed by atoms with Crippen LogP contribution in [0.3, 0.4) is 0 Å². The van der Waals surface area contributed by atoms with Gasteiger partial charge in [-0.15, -0.1) is 0 Å². The van der Waals surface area contributed by atoms with Crippen LogP contribution in [0.15, 0.2) is 22.7 Å². The standard InChI is InChI=1S/C15H15ClN2O5/c1-9-17-13(23-18-9)8-22-14(19)5-4-10-6-11(16)15(21-3)12(7-10)20-2/h4-7H,8H2,1-3H3/b5-4+. The number of carbonyl (C=O) groups is 1. The van der Waals surface area contributed by atoms with E-state index in [1.807, 2.05) is 0 Å². The molecule has 1 aromatic heterocycles. The molecule has 7 nitrogen and oxygen atoms in total. The average Bonchev–Trinajstić information content (AvgIpc) is 2.95. The third-order valence-corrected chi connectivity index (χ3v) is 3.06. The van der Waals surface area contributed by atoms with Crippen LogP contribution in [0.25, 0.3) is 6.08 Å². The lowest BCUT2D eigenvalue weighted by Crippen LogP contribution is -2.01. The van der Waals surface area contributed by atoms with Gasteiger partial charge in [-0.05, 0) is 30.7 Å². The van der Waals surface area contributed by atoms with Crippen molar-refractivity contribution in [1.82, 2.24) is 10.1 Å². The molecule has 2 rings (SSSR count). The molecule has 0 aliphatic carbocycles. The van der Waals surface area contributed by atoms with Crippen LogP contribution < -0.4 is 9.47 Å². The van der Waals surface area contributed by atoms with Crippen LogP contribution in [0, 0.1) is 6.92 Å². The first-order valence-electron chi connectivity index (χ1n) is 6.59. The first-order chi connectivity index (χ1) is 11.0. The second kappa shape index (κ2) is 7.64. The molecule has 2 aromatic rings. The van der Waals surface area contributed by atoms with Crippen molar-refractivity contribution in [2.45, 2.75) is 13.5 Å². The molecule has 0 aliphatic heterocycles. The zero-order chi connectivity index (χ0) is 16.8. The summed E-state index contributed by atoms with van der Waals surface area (Å²) in [7, 11) is 3.00. The van der Waals surface area contributed by atoms with Gasteiger partial charge in [-0.2, -0.15) is 4.98 Å². The maximum atomic E-state index is 11.7. The molecule has 0 spiro atoms. The SMILES string of the molecule is COc1cc(/C=C/C(=O)OCc2nc(C)no2)cc(Cl)c1OC. The lowest BCUT2D eigenvalue weighted by atomic mass is 10.2. The Bertz CT molecular complexity index is 727. The fourth-order valence-electron chi connectivity index (χ4n) is 1.78. The summed E-state index contributed by atoms with van der Waals surface area (Å²) in [6.45, 7) is 1.59. The van der Waals surface area contributed by atoms with Crippen molar-refractivity contribution >= 4 is 23.6 Å². The minimum absolute atomic E-state index is 0.0866. The number of ether oxygens (including phenoxy) is 3. The third kappa shape index (κ3) is 4.46. The van der Waals surface area contributed by atoms with Gasteiger partial charge in [0.25, 0.3) is 5.89 Å². The molecule has 0 aliphatic rings. The maximum absolute atomic E-state index is 11.7. The van der Waals surface area contributed by atoms with Crippen LogP contribution in [-0.4, -0.2) is 30.3 Å². The highest BCUT2D eigenvalue weighted by molar-refractivity contribution is 6.32. The van der Waals surface area contributed by atoms with Gasteiger partial charge in [-0.1, -0.05) is 16.8 Å². The van der Waals surface area contributed by atoms with Gasteiger partial charge in [-0.25, -0.2) is 4.79 Å². The van der Waals surface area contributed by atoms with E-state index in [1.54, 1.807) is 25.1 Å². The topological polar surface area (TPSA) is 83.7 Å². The molecule has 0 atom stereocenters. The molecular formula is C15H15ClN2O5. The number of benzene rings is 1. The number of aromatic nitrogens is 2. The molecule has 1 heterocycles. The Morgan fingerprint density at radius 3 is 2.74 bits per heavy atom. The number of halogens is 1. The summed E-state index contributed by atoms with van der Waals surface area (Å²) < 4.78 is 20.1. The third-order valence-electron chi connectivity index (χ3n) is 2.78. The summed E-state index contributed by atoms with van der Waals surface area (Å²) in [6, 6.07) is 3.34. The Morgan fingerprint density at radius 2 is 2.13 bits per heavy atom. The first-order valence-corrected chi connectivity index (χ1v) is 6.97. The van der Waals surface area contributed by atoms with Gasteiger partial charge in [0.2, 0.25) is 0 Å². The monoisotopic (exact) mass is 338 g/mol. The molecule has 0 radical (unpaired) electrons. The minimum atomic E-state index is -0.549. The van der Waals surface area contributed by atoms with E-state index in [0.29, 0.717) is 27.9 Å². The molecule has 0 saturated heterocycles. The number of esters is 1. The second-order valence-electron chi connectivity index (χ2n) is 4.41. The molecule has 0 fully saturated rings. The van der Waals surface area contributed by atoms with Crippen LogP contribution in [0.2, 0.25) is 5.02 Å². The largest absolute Gasteiger partial charge is 0.493 e. The van der Waals surface area contributed by atoms with Crippen LogP contribution in [0.5, 0.6) is 11.5 Å². The van der Waals surface area contributed by atoms with Gasteiger partial charge in [0, 0.05) is 6.08 Å². The number of methoxy groups -OCH3 is 2. The van der Waals surface area contributed by atoms with Crippen molar-refractivity contribution in [3.8, 4) is 11.5 Å². The molecule has 23 heavy (non-hydrogen) atoms. The summed E-state index contributed by atoms with van der Waals surface area (Å²) in [4.78, 5) is 15.6. The first kappa shape index (κ1) is 16.8. The van der Waals surface area contributed by atoms with E-state index in [9.17, 15) is 4.79 Å². The zero-order valence-corrected chi connectivity index (χ0v) is 13.6. The number of carbonyl (C=O) groups excluding carboxylic acids is 1. The molecular weight excluding hydrogens is 324 g/mol. The van der Waals surface area contributed by atoms with Crippen molar-refractivity contribution in [3.63, 3.8) is 0 Å². The van der Waals surface area contributed by atoms with Gasteiger partial charge in [0.05, 0.1) is 19.2 Å². The van der Waals surface area contributed by atoms with E-state index in [4.69, 9.17) is 30.3 Å². The summed E-state index contributed by atoms with van der Waals surface area (Å²) in [5.41, 5.74) is 0.665. The highest BCUT2D eigenvalue weighted by atomic mass is 35.5. The maximum Gasteiger partial charge on any atom is 0.331 e. The van der Waals surface area contributed by atoms with Gasteiger partial charge < -0.3 is 18.7 Å². The van der Waals surface area contributed by atoms with Crippen LogP contribution in [0.4, 0.5) is 0 Å². The van der Waals surface area contributed by atoms with Gasteiger partial charge in [0.15, 0.2) is 23.9 Å². The normalized spacial score (nSPS) is 10.8. The Hall–Kier alpha value is -2.54. The summed E-state index contributed by atoms with van der Waals surface area (Å²) >= 11 is 6.09. The van der Waals surface area contributed by atoms with E-state index in [1.165, 1.54) is 20.3 Å². The second-order valence-corrected chi connectivity index (χ2v) is 4.82. The smallest absolute Gasteiger partial charge is 0.331 e. The molecule has 8 heteroatoms. The molecule has 0 bridgehead atoms. The lowest BCUT2D eigenvalue weighted by Gasteiger charge is -2.10. The summed E-state index contributed by atoms with van der Waals surface area (Å²) in [5.74, 6) is 1.06. The van der Waals surface area contributed by atoms with E-state index < -0.39 is 5.97 Å². The summed E-state index contributed by atoms with van der Waals surface area (Å²) in [5, 5.41) is 3.97. The van der Waals surface area contributed by atoms with Crippen molar-refractivity contribution in [3.05, 3.63) is 40.5 Å². The highest BCUT2D eigenvalue weighted by Crippen LogP contribution is 2.36. The Balaban J connectivity index is 2.01. The molecule has 0 N–H and O–H groups in total. The molecule has 0 saturated carbocycles. The Kier molecular flexibility index (Phi) is 5.59. The zero-order valence-electron chi connectivity index (χ0n) is 12.8. The Morgan fingerprint density at radius 1 is 1.35 bits per heavy atom. The fourth-order valence-corrected chi connectivity index (χ4v) is 2.07. The molecule has 122 valence electrons. The van der Waals surface area contributed by atoms with Crippen molar-refractivity contribution in [2.75, 3.05) is 14.2 Å². The number of hydrogen-bond acceptors (Lipinski definition) is 7. The quantitative estimate of drug-likeness (QED) is 0.591. The number of hydrogen-bond donors (Lipinski definition) is 0. The fraction of sp³-hybridized carbons (Fsp3) is 0.267. The Labute approximate surface area is 137 Å². The van der Waals surface area contributed by atoms with E-state index in [0.717, 1.165) is 0 Å². The van der Waals surface area contributed by atoms with Crippen molar-refractivity contribution in [2.24, 2.45) is 0 Å². The number of nitrogens with zero attached hydrogens (tertiary/aromatic N) is 2. The molecule has 1 aromatic carbocycles. The van der Waals surface area contributed by atoms with E-state index in [-0.39, 0.29) is 12.5 Å². The lowest BCUT2D eigenvalue weighted by molar-refractivity contribution is -0.139. The van der Waals surface area contributed by atoms with Gasteiger partial charge in [-0.3, -0.25) is 0 Å². The van der Waals surface area contributed by atoms with Gasteiger partial charge >= 0.3 is 5.97 Å². The van der Waals surface area contributed by atoms with E-state index in [2.05, 4.69) is 10.1 Å². The predicted molar refractivity (Wildman–Crippen MR) is 82.4 cm³/mol. The molecule has 0 unspecified atom stereocenters. The van der Waals surface area contributed by atoms with Crippen LogP contribution in [-0.2, 0) is 16.1 Å². The predicted octanol–water partition coefficient (Wildman–Crippen LogP) is 2.81. The van der Waals surface area contributed by atoms with Gasteiger partial charge in [0.1, 0.15) is 0 Å². The van der Waals surface area contributed by atoms with E-state index >= 15 is 0 Å². The molecule has 0 amide bonds. The highest BCUT2D eigenvalue weighted by Gasteiger charge is 2.10. The number of aryl methyl sites for hydroxylation is 1. The van der Waals surface area contributed by atoms with Crippen LogP contribution >= 0.6 is 11.6 Å². The van der Waals surface area contributed by atoms with Crippen LogP contribution in [0.1, 0.15) is 17.3 Å². The minimum Gasteiger partial charge on any atom is -0.493 e. The summed E-state index contributed by atoms with van der Waals surface area (Å²) in [6.07, 6.45) is 2.82. The number of rotatable bonds is 6. The van der Waals surface area contributed by atoms with Crippen molar-refractivity contribution in [1.29, 1.82) is 0 Å².